The largest absolute Gasteiger partial charge is 0.341 e. The maximum Gasteiger partial charge on any atom is 0.254 e. The summed E-state index contributed by atoms with van der Waals surface area (Å²) in [5.41, 5.74) is 0.487. The zero-order chi connectivity index (χ0) is 13.3. The van der Waals surface area contributed by atoms with Crippen molar-refractivity contribution < 1.29 is 9.18 Å². The number of amides is 1. The zero-order valence-electron chi connectivity index (χ0n) is 10.00. The number of carbonyl (C=O) groups is 1. The highest BCUT2D eigenvalue weighted by Gasteiger charge is 2.29. The number of alkyl halides is 1. The molecule has 0 atom stereocenters. The van der Waals surface area contributed by atoms with E-state index in [2.05, 4.69) is 15.9 Å². The SMILES string of the molecule is CN(CC1CC(Cl)C1)C(=O)c1ccc(F)cc1Br. The molecule has 0 unspecified atom stereocenters. The lowest BCUT2D eigenvalue weighted by molar-refractivity contribution is 0.0746. The number of hydrogen-bond acceptors (Lipinski definition) is 1. The predicted octanol–water partition coefficient (Wildman–Crippen LogP) is 3.68. The van der Waals surface area contributed by atoms with E-state index in [4.69, 9.17) is 11.6 Å². The van der Waals surface area contributed by atoms with Gasteiger partial charge in [-0.05, 0) is 52.9 Å². The van der Waals surface area contributed by atoms with E-state index in [0.29, 0.717) is 22.5 Å². The zero-order valence-corrected chi connectivity index (χ0v) is 12.3. The molecule has 0 spiro atoms. The number of carbonyl (C=O) groups excluding carboxylic acids is 1. The van der Waals surface area contributed by atoms with Gasteiger partial charge in [-0.15, -0.1) is 11.6 Å². The van der Waals surface area contributed by atoms with Crippen molar-refractivity contribution in [2.45, 2.75) is 18.2 Å². The van der Waals surface area contributed by atoms with Gasteiger partial charge in [0.1, 0.15) is 5.82 Å². The van der Waals surface area contributed by atoms with Crippen molar-refractivity contribution in [1.29, 1.82) is 0 Å². The van der Waals surface area contributed by atoms with E-state index in [-0.39, 0.29) is 17.1 Å². The second kappa shape index (κ2) is 5.57. The first-order valence-corrected chi connectivity index (χ1v) is 7.05. The lowest BCUT2D eigenvalue weighted by atomic mass is 9.84. The summed E-state index contributed by atoms with van der Waals surface area (Å²) in [6, 6.07) is 4.10. The van der Waals surface area contributed by atoms with Crippen molar-refractivity contribution in [3.05, 3.63) is 34.1 Å². The van der Waals surface area contributed by atoms with Crippen LogP contribution in [0.1, 0.15) is 23.2 Å². The Labute approximate surface area is 119 Å². The number of benzene rings is 1. The van der Waals surface area contributed by atoms with Crippen LogP contribution in [0.25, 0.3) is 0 Å². The fraction of sp³-hybridized carbons (Fsp3) is 0.462. The molecule has 1 saturated carbocycles. The van der Waals surface area contributed by atoms with Crippen LogP contribution < -0.4 is 0 Å². The van der Waals surface area contributed by atoms with Crippen LogP contribution in [0, 0.1) is 11.7 Å². The topological polar surface area (TPSA) is 20.3 Å². The summed E-state index contributed by atoms with van der Waals surface area (Å²) in [5.74, 6) is 0.0330. The van der Waals surface area contributed by atoms with Gasteiger partial charge in [-0.1, -0.05) is 0 Å². The number of nitrogens with zero attached hydrogens (tertiary/aromatic N) is 1. The predicted molar refractivity (Wildman–Crippen MR) is 73.4 cm³/mol. The van der Waals surface area contributed by atoms with E-state index >= 15 is 0 Å². The molecular weight excluding hydrogens is 321 g/mol. The fourth-order valence-corrected chi connectivity index (χ4v) is 3.17. The Hall–Kier alpha value is -0.610. The van der Waals surface area contributed by atoms with Crippen LogP contribution in [-0.2, 0) is 0 Å². The van der Waals surface area contributed by atoms with E-state index in [1.165, 1.54) is 18.2 Å². The second-order valence-corrected chi connectivity index (χ2v) is 6.22. The third-order valence-electron chi connectivity index (χ3n) is 3.22. The van der Waals surface area contributed by atoms with Crippen LogP contribution in [0.5, 0.6) is 0 Å². The van der Waals surface area contributed by atoms with Crippen molar-refractivity contribution in [3.63, 3.8) is 0 Å². The second-order valence-electron chi connectivity index (χ2n) is 4.74. The maximum absolute atomic E-state index is 13.0. The minimum atomic E-state index is -0.356. The molecule has 1 amide bonds. The Morgan fingerprint density at radius 3 is 2.78 bits per heavy atom. The van der Waals surface area contributed by atoms with Crippen LogP contribution >= 0.6 is 27.5 Å². The summed E-state index contributed by atoms with van der Waals surface area (Å²) in [7, 11) is 1.76. The molecule has 0 heterocycles. The van der Waals surface area contributed by atoms with Gasteiger partial charge in [0.15, 0.2) is 0 Å². The molecule has 1 aromatic rings. The average molecular weight is 335 g/mol. The Bertz CT molecular complexity index is 462. The van der Waals surface area contributed by atoms with Gasteiger partial charge in [0.2, 0.25) is 0 Å². The summed E-state index contributed by atoms with van der Waals surface area (Å²) >= 11 is 9.13. The minimum Gasteiger partial charge on any atom is -0.341 e. The van der Waals surface area contributed by atoms with Crippen LogP contribution in [0.4, 0.5) is 4.39 Å². The highest BCUT2D eigenvalue weighted by molar-refractivity contribution is 9.10. The highest BCUT2D eigenvalue weighted by Crippen LogP contribution is 2.32. The molecule has 0 bridgehead atoms. The highest BCUT2D eigenvalue weighted by atomic mass is 79.9. The van der Waals surface area contributed by atoms with Gasteiger partial charge in [-0.3, -0.25) is 4.79 Å². The molecular formula is C13H14BrClFNO. The first-order valence-electron chi connectivity index (χ1n) is 5.82. The molecule has 1 fully saturated rings. The van der Waals surface area contributed by atoms with Crippen LogP contribution in [0.2, 0.25) is 0 Å². The molecule has 5 heteroatoms. The Morgan fingerprint density at radius 1 is 1.56 bits per heavy atom. The van der Waals surface area contributed by atoms with Crippen LogP contribution in [0.3, 0.4) is 0 Å². The standard InChI is InChI=1S/C13H14BrClFNO/c1-17(7-8-4-9(15)5-8)13(18)11-3-2-10(16)6-12(11)14/h2-3,6,8-9H,4-5,7H2,1H3. The molecule has 1 aliphatic carbocycles. The molecule has 0 aromatic heterocycles. The van der Waals surface area contributed by atoms with E-state index in [0.717, 1.165) is 12.8 Å². The first-order chi connectivity index (χ1) is 8.47. The molecule has 18 heavy (non-hydrogen) atoms. The molecule has 0 radical (unpaired) electrons. The van der Waals surface area contributed by atoms with Crippen LogP contribution in [0.15, 0.2) is 22.7 Å². The minimum absolute atomic E-state index is 0.0973. The van der Waals surface area contributed by atoms with Crippen molar-refractivity contribution in [2.75, 3.05) is 13.6 Å². The molecule has 2 rings (SSSR count). The smallest absolute Gasteiger partial charge is 0.254 e. The third-order valence-corrected chi connectivity index (χ3v) is 4.23. The van der Waals surface area contributed by atoms with Gasteiger partial charge in [0.25, 0.3) is 5.91 Å². The average Bonchev–Trinajstić information content (AvgIpc) is 2.26. The quantitative estimate of drug-likeness (QED) is 0.772. The van der Waals surface area contributed by atoms with Crippen molar-refractivity contribution in [1.82, 2.24) is 4.90 Å². The van der Waals surface area contributed by atoms with Crippen molar-refractivity contribution in [3.8, 4) is 0 Å². The Morgan fingerprint density at radius 2 is 2.22 bits per heavy atom. The summed E-state index contributed by atoms with van der Waals surface area (Å²) in [6.45, 7) is 0.700. The monoisotopic (exact) mass is 333 g/mol. The van der Waals surface area contributed by atoms with E-state index in [9.17, 15) is 9.18 Å². The molecule has 0 aliphatic heterocycles. The molecule has 0 saturated heterocycles. The van der Waals surface area contributed by atoms with Gasteiger partial charge in [0.05, 0.1) is 5.56 Å². The summed E-state index contributed by atoms with van der Waals surface area (Å²) in [4.78, 5) is 13.8. The molecule has 0 N–H and O–H groups in total. The lowest BCUT2D eigenvalue weighted by Gasteiger charge is -2.34. The van der Waals surface area contributed by atoms with Crippen molar-refractivity contribution in [2.24, 2.45) is 5.92 Å². The number of rotatable bonds is 3. The fourth-order valence-electron chi connectivity index (χ4n) is 2.14. The van der Waals surface area contributed by atoms with Gasteiger partial charge < -0.3 is 4.90 Å². The molecule has 2 nitrogen and oxygen atoms in total. The Kier molecular flexibility index (Phi) is 4.28. The van der Waals surface area contributed by atoms with Crippen LogP contribution in [-0.4, -0.2) is 29.8 Å². The van der Waals surface area contributed by atoms with E-state index < -0.39 is 0 Å². The van der Waals surface area contributed by atoms with E-state index in [1.807, 2.05) is 0 Å². The maximum atomic E-state index is 13.0. The summed E-state index contributed by atoms with van der Waals surface area (Å²) in [5, 5.41) is 0.260. The van der Waals surface area contributed by atoms with Gasteiger partial charge in [-0.2, -0.15) is 0 Å². The van der Waals surface area contributed by atoms with Crippen molar-refractivity contribution >= 4 is 33.4 Å². The normalized spacial score (nSPS) is 22.4. The van der Waals surface area contributed by atoms with Gasteiger partial charge in [0, 0.05) is 23.4 Å². The third kappa shape index (κ3) is 3.04. The molecule has 1 aliphatic rings. The summed E-state index contributed by atoms with van der Waals surface area (Å²) < 4.78 is 13.4. The van der Waals surface area contributed by atoms with E-state index in [1.54, 1.807) is 11.9 Å². The molecule has 1 aromatic carbocycles. The lowest BCUT2D eigenvalue weighted by Crippen LogP contribution is -2.38. The Balaban J connectivity index is 2.01. The van der Waals surface area contributed by atoms with Gasteiger partial charge in [-0.25, -0.2) is 4.39 Å². The first kappa shape index (κ1) is 13.8. The molecule has 98 valence electrons. The number of hydrogen-bond donors (Lipinski definition) is 0. The number of halogens is 3. The van der Waals surface area contributed by atoms with Gasteiger partial charge >= 0.3 is 0 Å². The summed E-state index contributed by atoms with van der Waals surface area (Å²) in [6.07, 6.45) is 1.92.